The van der Waals surface area contributed by atoms with Crippen LogP contribution in [0.4, 0.5) is 0 Å². The monoisotopic (exact) mass is 253 g/mol. The average Bonchev–Trinajstić information content (AvgIpc) is 2.47. The number of aromatic nitrogens is 2. The zero-order chi connectivity index (χ0) is 13.2. The van der Waals surface area contributed by atoms with Crippen LogP contribution in [0.2, 0.25) is 0 Å². The topological polar surface area (TPSA) is 46.1 Å². The van der Waals surface area contributed by atoms with Gasteiger partial charge in [-0.15, -0.1) is 0 Å². The highest BCUT2D eigenvalue weighted by molar-refractivity contribution is 5.73. The van der Waals surface area contributed by atoms with Crippen LogP contribution in [0.3, 0.4) is 0 Å². The number of hydrogen-bond donors (Lipinski definition) is 0. The van der Waals surface area contributed by atoms with Gasteiger partial charge < -0.3 is 4.90 Å². The van der Waals surface area contributed by atoms with Crippen LogP contribution in [0.5, 0.6) is 0 Å². The molecule has 1 aliphatic heterocycles. The number of nitrogens with zero attached hydrogens (tertiary/aromatic N) is 3. The summed E-state index contributed by atoms with van der Waals surface area (Å²) in [5.41, 5.74) is 3.55. The maximum Gasteiger partial charge on any atom is 0.219 e. The second-order valence-corrected chi connectivity index (χ2v) is 4.75. The first-order valence-corrected chi connectivity index (χ1v) is 6.39. The van der Waals surface area contributed by atoms with Gasteiger partial charge in [0.2, 0.25) is 5.91 Å². The van der Waals surface area contributed by atoms with Gasteiger partial charge in [0, 0.05) is 38.0 Å². The molecule has 2 aromatic rings. The average molecular weight is 253 g/mol. The minimum Gasteiger partial charge on any atom is -0.338 e. The van der Waals surface area contributed by atoms with Crippen LogP contribution in [-0.4, -0.2) is 27.3 Å². The number of amides is 1. The molecule has 96 valence electrons. The molecule has 4 nitrogen and oxygen atoms in total. The van der Waals surface area contributed by atoms with Gasteiger partial charge in [-0.2, -0.15) is 0 Å². The molecule has 0 saturated carbocycles. The summed E-state index contributed by atoms with van der Waals surface area (Å²) < 4.78 is 0. The van der Waals surface area contributed by atoms with Crippen LogP contribution >= 0.6 is 0 Å². The van der Waals surface area contributed by atoms with E-state index in [0.717, 1.165) is 24.4 Å². The molecule has 4 heteroatoms. The molecule has 0 atom stereocenters. The Morgan fingerprint density at radius 1 is 1.21 bits per heavy atom. The molecule has 0 radical (unpaired) electrons. The highest BCUT2D eigenvalue weighted by Crippen LogP contribution is 2.24. The van der Waals surface area contributed by atoms with Crippen LogP contribution in [-0.2, 0) is 17.8 Å². The molecule has 0 unspecified atom stereocenters. The van der Waals surface area contributed by atoms with E-state index in [-0.39, 0.29) is 5.91 Å². The van der Waals surface area contributed by atoms with E-state index < -0.39 is 0 Å². The van der Waals surface area contributed by atoms with E-state index in [1.807, 2.05) is 17.0 Å². The number of hydrogen-bond acceptors (Lipinski definition) is 3. The molecule has 1 aromatic heterocycles. The van der Waals surface area contributed by atoms with Crippen molar-refractivity contribution in [2.75, 3.05) is 6.54 Å². The van der Waals surface area contributed by atoms with Crippen LogP contribution in [0, 0.1) is 0 Å². The Bertz CT molecular complexity index is 610. The molecule has 0 spiro atoms. The highest BCUT2D eigenvalue weighted by atomic mass is 16.2. The van der Waals surface area contributed by atoms with Crippen LogP contribution in [0.25, 0.3) is 11.4 Å². The maximum atomic E-state index is 11.4. The molecule has 0 bridgehead atoms. The van der Waals surface area contributed by atoms with Crippen molar-refractivity contribution >= 4 is 5.91 Å². The molecule has 0 fully saturated rings. The van der Waals surface area contributed by atoms with Crippen molar-refractivity contribution in [3.8, 4) is 11.4 Å². The smallest absolute Gasteiger partial charge is 0.219 e. The second kappa shape index (κ2) is 4.80. The van der Waals surface area contributed by atoms with E-state index in [4.69, 9.17) is 0 Å². The van der Waals surface area contributed by atoms with Crippen molar-refractivity contribution in [3.05, 3.63) is 47.8 Å². The van der Waals surface area contributed by atoms with Crippen molar-refractivity contribution in [1.29, 1.82) is 0 Å². The maximum absolute atomic E-state index is 11.4. The van der Waals surface area contributed by atoms with Gasteiger partial charge >= 0.3 is 0 Å². The van der Waals surface area contributed by atoms with E-state index >= 15 is 0 Å². The summed E-state index contributed by atoms with van der Waals surface area (Å²) in [4.78, 5) is 21.8. The zero-order valence-corrected chi connectivity index (χ0v) is 10.8. The van der Waals surface area contributed by atoms with Gasteiger partial charge in [-0.1, -0.05) is 12.1 Å². The summed E-state index contributed by atoms with van der Waals surface area (Å²) in [6, 6.07) is 8.06. The quantitative estimate of drug-likeness (QED) is 0.781. The number of benzene rings is 1. The van der Waals surface area contributed by atoms with Gasteiger partial charge in [-0.05, 0) is 29.7 Å². The first kappa shape index (κ1) is 11.8. The normalized spacial score (nSPS) is 14.1. The third-order valence-electron chi connectivity index (χ3n) is 3.49. The lowest BCUT2D eigenvalue weighted by Gasteiger charge is -2.28. The Balaban J connectivity index is 1.92. The minimum absolute atomic E-state index is 0.140. The first-order valence-electron chi connectivity index (χ1n) is 6.39. The second-order valence-electron chi connectivity index (χ2n) is 4.75. The van der Waals surface area contributed by atoms with Crippen molar-refractivity contribution in [2.24, 2.45) is 0 Å². The van der Waals surface area contributed by atoms with Gasteiger partial charge in [0.05, 0.1) is 0 Å². The number of carbonyl (C=O) groups is 1. The van der Waals surface area contributed by atoms with E-state index in [1.165, 1.54) is 11.1 Å². The third-order valence-corrected chi connectivity index (χ3v) is 3.49. The Morgan fingerprint density at radius 2 is 2.00 bits per heavy atom. The molecule has 0 N–H and O–H groups in total. The zero-order valence-electron chi connectivity index (χ0n) is 10.8. The summed E-state index contributed by atoms with van der Waals surface area (Å²) >= 11 is 0. The molecule has 1 amide bonds. The Hall–Kier alpha value is -2.23. The predicted molar refractivity (Wildman–Crippen MR) is 72.3 cm³/mol. The molecule has 19 heavy (non-hydrogen) atoms. The van der Waals surface area contributed by atoms with Gasteiger partial charge in [-0.3, -0.25) is 4.79 Å². The number of rotatable bonds is 1. The number of carbonyl (C=O) groups excluding carboxylic acids is 1. The predicted octanol–water partition coefficient (Wildman–Crippen LogP) is 2.05. The Kier molecular flexibility index (Phi) is 2.99. The molecule has 3 rings (SSSR count). The van der Waals surface area contributed by atoms with Crippen molar-refractivity contribution in [1.82, 2.24) is 14.9 Å². The van der Waals surface area contributed by atoms with Crippen molar-refractivity contribution in [2.45, 2.75) is 19.9 Å². The minimum atomic E-state index is 0.140. The SMILES string of the molecule is CC(=O)N1CCc2cc(-c3ncccn3)ccc2C1. The van der Waals surface area contributed by atoms with E-state index in [0.29, 0.717) is 6.54 Å². The van der Waals surface area contributed by atoms with Gasteiger partial charge in [0.15, 0.2) is 5.82 Å². The summed E-state index contributed by atoms with van der Waals surface area (Å²) in [5.74, 6) is 0.889. The van der Waals surface area contributed by atoms with Crippen molar-refractivity contribution in [3.63, 3.8) is 0 Å². The molecule has 0 saturated heterocycles. The van der Waals surface area contributed by atoms with Gasteiger partial charge in [0.25, 0.3) is 0 Å². The summed E-state index contributed by atoms with van der Waals surface area (Å²) in [7, 11) is 0. The van der Waals surface area contributed by atoms with Gasteiger partial charge in [-0.25, -0.2) is 9.97 Å². The fraction of sp³-hybridized carbons (Fsp3) is 0.267. The lowest BCUT2D eigenvalue weighted by atomic mass is 9.97. The largest absolute Gasteiger partial charge is 0.338 e. The molecular weight excluding hydrogens is 238 g/mol. The highest BCUT2D eigenvalue weighted by Gasteiger charge is 2.18. The van der Waals surface area contributed by atoms with Crippen LogP contribution in [0.1, 0.15) is 18.1 Å². The Labute approximate surface area is 112 Å². The van der Waals surface area contributed by atoms with E-state index in [9.17, 15) is 4.79 Å². The van der Waals surface area contributed by atoms with Crippen LogP contribution < -0.4 is 0 Å². The number of fused-ring (bicyclic) bond motifs is 1. The van der Waals surface area contributed by atoms with Crippen LogP contribution in [0.15, 0.2) is 36.7 Å². The lowest BCUT2D eigenvalue weighted by Crippen LogP contribution is -2.34. The van der Waals surface area contributed by atoms with Gasteiger partial charge in [0.1, 0.15) is 0 Å². The van der Waals surface area contributed by atoms with E-state index in [1.54, 1.807) is 19.3 Å². The molecule has 0 aliphatic carbocycles. The molecule has 1 aromatic carbocycles. The Morgan fingerprint density at radius 3 is 2.74 bits per heavy atom. The summed E-state index contributed by atoms with van der Waals surface area (Å²) in [6.45, 7) is 3.12. The standard InChI is InChI=1S/C15H15N3O/c1-11(19)18-8-5-12-9-13(3-4-14(12)10-18)15-16-6-2-7-17-15/h2-4,6-7,9H,5,8,10H2,1H3. The molecule has 2 heterocycles. The summed E-state index contributed by atoms with van der Waals surface area (Å²) in [5, 5.41) is 0. The lowest BCUT2D eigenvalue weighted by molar-refractivity contribution is -0.129. The summed E-state index contributed by atoms with van der Waals surface area (Å²) in [6.07, 6.45) is 4.40. The third kappa shape index (κ3) is 2.34. The fourth-order valence-corrected chi connectivity index (χ4v) is 2.41. The fourth-order valence-electron chi connectivity index (χ4n) is 2.41. The van der Waals surface area contributed by atoms with E-state index in [2.05, 4.69) is 22.1 Å². The first-order chi connectivity index (χ1) is 9.24. The molecular formula is C15H15N3O. The molecule has 1 aliphatic rings. The van der Waals surface area contributed by atoms with Crippen molar-refractivity contribution < 1.29 is 4.79 Å².